The van der Waals surface area contributed by atoms with Gasteiger partial charge in [-0.2, -0.15) is 0 Å². The van der Waals surface area contributed by atoms with Crippen LogP contribution in [0.15, 0.2) is 54.2 Å². The van der Waals surface area contributed by atoms with Gasteiger partial charge in [0.2, 0.25) is 0 Å². The molecule has 0 unspecified atom stereocenters. The number of carbonyl (C=O) groups is 2. The van der Waals surface area contributed by atoms with E-state index in [0.717, 1.165) is 18.7 Å². The normalized spacial score (nSPS) is 20.7. The van der Waals surface area contributed by atoms with Crippen LogP contribution in [0, 0.1) is 6.92 Å². The van der Waals surface area contributed by atoms with E-state index in [1.165, 1.54) is 5.56 Å². The number of hydrogen-bond acceptors (Lipinski definition) is 6. The van der Waals surface area contributed by atoms with Crippen LogP contribution >= 0.6 is 0 Å². The first kappa shape index (κ1) is 24.2. The van der Waals surface area contributed by atoms with Gasteiger partial charge in [-0.05, 0) is 36.1 Å². The van der Waals surface area contributed by atoms with Gasteiger partial charge >= 0.3 is 0 Å². The fourth-order valence-corrected chi connectivity index (χ4v) is 5.12. The average Bonchev–Trinajstić information content (AvgIpc) is 3.35. The zero-order valence-corrected chi connectivity index (χ0v) is 21.0. The lowest BCUT2D eigenvalue weighted by atomic mass is 9.94. The number of pyridine rings is 1. The first-order valence-corrected chi connectivity index (χ1v) is 12.5. The summed E-state index contributed by atoms with van der Waals surface area (Å²) in [5, 5.41) is 11.6. The molecule has 2 saturated heterocycles. The molecule has 2 aliphatic rings. The molecule has 5 rings (SSSR count). The number of Topliss-reactive ketones (excluding diaryl/α,β-unsaturated/α-hetero) is 1. The van der Waals surface area contributed by atoms with Gasteiger partial charge in [-0.15, -0.1) is 0 Å². The fourth-order valence-electron chi connectivity index (χ4n) is 5.12. The number of imidazole rings is 1. The molecule has 1 aromatic carbocycles. The summed E-state index contributed by atoms with van der Waals surface area (Å²) in [6.45, 7) is 9.95. The number of benzene rings is 1. The van der Waals surface area contributed by atoms with E-state index in [-0.39, 0.29) is 11.3 Å². The first-order valence-electron chi connectivity index (χ1n) is 12.5. The standard InChI is InChI=1S/C28H32N4O4/c1-18(2)20-7-9-21(10-8-20)25-23(26(33)24-19(3)29-22-6-4-5-11-31(22)24)27(34)28(35)32(25)13-12-30-14-16-36-17-15-30/h4-11,18,25,33H,12-17H2,1-3H3/b26-23+/t25-/m0/s1. The minimum Gasteiger partial charge on any atom is -0.505 e. The molecule has 1 atom stereocenters. The summed E-state index contributed by atoms with van der Waals surface area (Å²) in [6, 6.07) is 12.8. The SMILES string of the molecule is Cc1nc2ccccn2c1/C(O)=C1\C(=O)C(=O)N(CCN2CCOCC2)[C@H]1c1ccc(C(C)C)cc1. The summed E-state index contributed by atoms with van der Waals surface area (Å²) in [5.74, 6) is -1.10. The molecule has 8 nitrogen and oxygen atoms in total. The molecular formula is C28H32N4O4. The quantitative estimate of drug-likeness (QED) is 0.325. The molecule has 0 aliphatic carbocycles. The van der Waals surface area contributed by atoms with Gasteiger partial charge in [0.05, 0.1) is 30.5 Å². The number of nitrogens with zero attached hydrogens (tertiary/aromatic N) is 4. The highest BCUT2D eigenvalue weighted by atomic mass is 16.5. The van der Waals surface area contributed by atoms with Gasteiger partial charge in [-0.25, -0.2) is 4.98 Å². The minimum atomic E-state index is -0.680. The van der Waals surface area contributed by atoms with Gasteiger partial charge in [0, 0.05) is 32.4 Å². The van der Waals surface area contributed by atoms with Crippen molar-refractivity contribution >= 4 is 23.1 Å². The molecule has 36 heavy (non-hydrogen) atoms. The smallest absolute Gasteiger partial charge is 0.295 e. The number of aryl methyl sites for hydroxylation is 1. The zero-order chi connectivity index (χ0) is 25.4. The minimum absolute atomic E-state index is 0.105. The molecule has 0 bridgehead atoms. The summed E-state index contributed by atoms with van der Waals surface area (Å²) < 4.78 is 7.20. The Morgan fingerprint density at radius 3 is 2.50 bits per heavy atom. The van der Waals surface area contributed by atoms with Crippen LogP contribution in [0.4, 0.5) is 0 Å². The molecule has 3 aromatic rings. The van der Waals surface area contributed by atoms with Crippen molar-refractivity contribution < 1.29 is 19.4 Å². The Labute approximate surface area is 210 Å². The number of morpholine rings is 1. The van der Waals surface area contributed by atoms with E-state index < -0.39 is 17.7 Å². The van der Waals surface area contributed by atoms with Crippen molar-refractivity contribution in [3.8, 4) is 0 Å². The highest BCUT2D eigenvalue weighted by Crippen LogP contribution is 2.40. The van der Waals surface area contributed by atoms with Gasteiger partial charge in [0.25, 0.3) is 11.7 Å². The largest absolute Gasteiger partial charge is 0.505 e. The number of aliphatic hydroxyl groups excluding tert-OH is 1. The van der Waals surface area contributed by atoms with E-state index in [1.807, 2.05) is 42.5 Å². The second-order valence-electron chi connectivity index (χ2n) is 9.74. The van der Waals surface area contributed by atoms with Crippen LogP contribution in [0.2, 0.25) is 0 Å². The number of aromatic nitrogens is 2. The lowest BCUT2D eigenvalue weighted by molar-refractivity contribution is -0.140. The number of ketones is 1. The monoisotopic (exact) mass is 488 g/mol. The maximum absolute atomic E-state index is 13.4. The number of aliphatic hydroxyl groups is 1. The molecule has 8 heteroatoms. The van der Waals surface area contributed by atoms with E-state index in [1.54, 1.807) is 22.4 Å². The molecule has 1 amide bonds. The van der Waals surface area contributed by atoms with Crippen LogP contribution in [0.3, 0.4) is 0 Å². The predicted molar refractivity (Wildman–Crippen MR) is 137 cm³/mol. The summed E-state index contributed by atoms with van der Waals surface area (Å²) in [4.78, 5) is 35.1. The summed E-state index contributed by atoms with van der Waals surface area (Å²) in [5.41, 5.74) is 3.76. The molecule has 0 spiro atoms. The van der Waals surface area contributed by atoms with Gasteiger partial charge < -0.3 is 14.7 Å². The summed E-state index contributed by atoms with van der Waals surface area (Å²) in [6.07, 6.45) is 1.80. The lowest BCUT2D eigenvalue weighted by Crippen LogP contribution is -2.42. The summed E-state index contributed by atoms with van der Waals surface area (Å²) >= 11 is 0. The van der Waals surface area contributed by atoms with Crippen molar-refractivity contribution in [1.29, 1.82) is 0 Å². The number of carbonyl (C=O) groups excluding carboxylic acids is 2. The van der Waals surface area contributed by atoms with Crippen molar-refractivity contribution in [3.63, 3.8) is 0 Å². The van der Waals surface area contributed by atoms with E-state index in [0.29, 0.717) is 49.3 Å². The molecule has 2 aromatic heterocycles. The topological polar surface area (TPSA) is 87.4 Å². The second-order valence-corrected chi connectivity index (χ2v) is 9.74. The number of fused-ring (bicyclic) bond motifs is 1. The molecule has 4 heterocycles. The van der Waals surface area contributed by atoms with Crippen LogP contribution in [0.5, 0.6) is 0 Å². The third kappa shape index (κ3) is 4.31. The number of amides is 1. The average molecular weight is 489 g/mol. The van der Waals surface area contributed by atoms with Gasteiger partial charge in [-0.3, -0.25) is 18.9 Å². The summed E-state index contributed by atoms with van der Waals surface area (Å²) in [7, 11) is 0. The van der Waals surface area contributed by atoms with Crippen molar-refractivity contribution in [1.82, 2.24) is 19.2 Å². The Balaban J connectivity index is 1.60. The van der Waals surface area contributed by atoms with Crippen LogP contribution in [-0.2, 0) is 14.3 Å². The zero-order valence-electron chi connectivity index (χ0n) is 21.0. The maximum Gasteiger partial charge on any atom is 0.295 e. The maximum atomic E-state index is 13.4. The Morgan fingerprint density at radius 1 is 1.08 bits per heavy atom. The third-order valence-corrected chi connectivity index (χ3v) is 7.15. The Morgan fingerprint density at radius 2 is 1.81 bits per heavy atom. The van der Waals surface area contributed by atoms with Crippen LogP contribution in [-0.4, -0.2) is 75.4 Å². The Kier molecular flexibility index (Phi) is 6.64. The molecule has 2 fully saturated rings. The van der Waals surface area contributed by atoms with E-state index in [9.17, 15) is 14.7 Å². The highest BCUT2D eigenvalue weighted by molar-refractivity contribution is 6.46. The molecular weight excluding hydrogens is 456 g/mol. The van der Waals surface area contributed by atoms with Gasteiger partial charge in [0.1, 0.15) is 11.3 Å². The van der Waals surface area contributed by atoms with Crippen LogP contribution < -0.4 is 0 Å². The van der Waals surface area contributed by atoms with E-state index in [2.05, 4.69) is 23.7 Å². The van der Waals surface area contributed by atoms with Gasteiger partial charge in [0.15, 0.2) is 5.76 Å². The fraction of sp³-hybridized carbons (Fsp3) is 0.393. The number of hydrogen-bond donors (Lipinski definition) is 1. The Hall–Kier alpha value is -3.49. The van der Waals surface area contributed by atoms with Crippen molar-refractivity contribution in [2.24, 2.45) is 0 Å². The molecule has 0 radical (unpaired) electrons. The third-order valence-electron chi connectivity index (χ3n) is 7.15. The van der Waals surface area contributed by atoms with Crippen molar-refractivity contribution in [2.45, 2.75) is 32.7 Å². The van der Waals surface area contributed by atoms with E-state index in [4.69, 9.17) is 4.74 Å². The predicted octanol–water partition coefficient (Wildman–Crippen LogP) is 3.52. The molecule has 2 aliphatic heterocycles. The number of ether oxygens (including phenoxy) is 1. The lowest BCUT2D eigenvalue weighted by Gasteiger charge is -2.31. The Bertz CT molecular complexity index is 1320. The van der Waals surface area contributed by atoms with Crippen LogP contribution in [0.25, 0.3) is 11.4 Å². The van der Waals surface area contributed by atoms with E-state index >= 15 is 0 Å². The van der Waals surface area contributed by atoms with Crippen molar-refractivity contribution in [3.05, 3.63) is 76.7 Å². The second kappa shape index (κ2) is 9.87. The number of rotatable bonds is 6. The molecule has 0 saturated carbocycles. The highest BCUT2D eigenvalue weighted by Gasteiger charge is 2.46. The number of likely N-dealkylation sites (tertiary alicyclic amines) is 1. The van der Waals surface area contributed by atoms with Crippen LogP contribution in [0.1, 0.15) is 48.3 Å². The molecule has 188 valence electrons. The van der Waals surface area contributed by atoms with Crippen molar-refractivity contribution in [2.75, 3.05) is 39.4 Å². The first-order chi connectivity index (χ1) is 17.4. The molecule has 1 N–H and O–H groups in total. The van der Waals surface area contributed by atoms with Gasteiger partial charge in [-0.1, -0.05) is 44.2 Å².